The zero-order chi connectivity index (χ0) is 47.2. The highest BCUT2D eigenvalue weighted by Gasteiger charge is 2.19. The maximum Gasteiger partial charge on any atom is 0.306 e. The minimum Gasteiger partial charge on any atom is -0.462 e. The molecule has 0 amide bonds. The quantitative estimate of drug-likeness (QED) is 0.0262. The van der Waals surface area contributed by atoms with E-state index in [2.05, 4.69) is 99.8 Å². The van der Waals surface area contributed by atoms with E-state index in [-0.39, 0.29) is 37.5 Å². The second kappa shape index (κ2) is 53.2. The molecule has 0 N–H and O–H groups in total. The number of allylic oxidation sites excluding steroid dienone is 14. The Kier molecular flexibility index (Phi) is 50.4. The second-order valence-electron chi connectivity index (χ2n) is 17.8. The van der Waals surface area contributed by atoms with Gasteiger partial charge in [0.05, 0.1) is 0 Å². The fourth-order valence-electron chi connectivity index (χ4n) is 7.35. The molecule has 372 valence electrons. The maximum atomic E-state index is 12.8. The molecule has 0 radical (unpaired) electrons. The molecular weight excluding hydrogens is 805 g/mol. The first-order valence-electron chi connectivity index (χ1n) is 27.1. The van der Waals surface area contributed by atoms with E-state index < -0.39 is 6.10 Å². The molecule has 0 aromatic rings. The SMILES string of the molecule is CC/C=C\C/C=C\C/C=C\C/C=C\C/C=C\C/C=C\CCC(=O)OC[C@@H](COC(=O)CCCCCCCCCCCCCCCC)OC(=O)CCCCCCC/C=C\CCCCCCC. The molecule has 0 aliphatic rings. The summed E-state index contributed by atoms with van der Waals surface area (Å²) >= 11 is 0. The number of rotatable bonds is 48. The molecule has 0 saturated carbocycles. The van der Waals surface area contributed by atoms with Gasteiger partial charge in [-0.25, -0.2) is 0 Å². The number of carbonyl (C=O) groups excluding carboxylic acids is 3. The van der Waals surface area contributed by atoms with Crippen LogP contribution in [-0.4, -0.2) is 37.2 Å². The maximum absolute atomic E-state index is 12.8. The minimum atomic E-state index is -0.809. The van der Waals surface area contributed by atoms with E-state index in [9.17, 15) is 14.4 Å². The number of hydrogen-bond donors (Lipinski definition) is 0. The monoisotopic (exact) mass is 905 g/mol. The van der Waals surface area contributed by atoms with Crippen molar-refractivity contribution >= 4 is 17.9 Å². The van der Waals surface area contributed by atoms with Crippen molar-refractivity contribution in [3.8, 4) is 0 Å². The van der Waals surface area contributed by atoms with Crippen molar-refractivity contribution in [3.63, 3.8) is 0 Å². The van der Waals surface area contributed by atoms with Gasteiger partial charge in [-0.2, -0.15) is 0 Å². The highest BCUT2D eigenvalue weighted by atomic mass is 16.6. The van der Waals surface area contributed by atoms with Crippen LogP contribution in [0.15, 0.2) is 85.1 Å². The molecule has 0 fully saturated rings. The lowest BCUT2D eigenvalue weighted by atomic mass is 10.0. The van der Waals surface area contributed by atoms with Gasteiger partial charge in [0.2, 0.25) is 0 Å². The Labute approximate surface area is 401 Å². The lowest BCUT2D eigenvalue weighted by Gasteiger charge is -2.18. The second-order valence-corrected chi connectivity index (χ2v) is 17.8. The number of ether oxygens (including phenoxy) is 3. The summed E-state index contributed by atoms with van der Waals surface area (Å²) in [7, 11) is 0. The summed E-state index contributed by atoms with van der Waals surface area (Å²) in [6.07, 6.45) is 68.6. The Bertz CT molecular complexity index is 1270. The topological polar surface area (TPSA) is 78.9 Å². The van der Waals surface area contributed by atoms with Gasteiger partial charge in [0.25, 0.3) is 0 Å². The molecule has 0 heterocycles. The van der Waals surface area contributed by atoms with Crippen molar-refractivity contribution in [2.75, 3.05) is 13.2 Å². The Morgan fingerprint density at radius 3 is 1.03 bits per heavy atom. The van der Waals surface area contributed by atoms with E-state index >= 15 is 0 Å². The largest absolute Gasteiger partial charge is 0.462 e. The first-order valence-corrected chi connectivity index (χ1v) is 27.1. The van der Waals surface area contributed by atoms with Crippen LogP contribution in [-0.2, 0) is 28.6 Å². The Hall–Kier alpha value is -3.41. The van der Waals surface area contributed by atoms with Gasteiger partial charge in [0.1, 0.15) is 13.2 Å². The van der Waals surface area contributed by atoms with Gasteiger partial charge < -0.3 is 14.2 Å². The highest BCUT2D eigenvalue weighted by Crippen LogP contribution is 2.15. The van der Waals surface area contributed by atoms with Crippen LogP contribution in [0.1, 0.15) is 252 Å². The van der Waals surface area contributed by atoms with Crippen molar-refractivity contribution in [2.24, 2.45) is 0 Å². The zero-order valence-electron chi connectivity index (χ0n) is 42.5. The van der Waals surface area contributed by atoms with Crippen LogP contribution in [0.25, 0.3) is 0 Å². The fourth-order valence-corrected chi connectivity index (χ4v) is 7.35. The van der Waals surface area contributed by atoms with Crippen LogP contribution < -0.4 is 0 Å². The molecule has 6 heteroatoms. The summed E-state index contributed by atoms with van der Waals surface area (Å²) in [6.45, 7) is 6.45. The van der Waals surface area contributed by atoms with Gasteiger partial charge >= 0.3 is 17.9 Å². The van der Waals surface area contributed by atoms with Gasteiger partial charge in [-0.3, -0.25) is 14.4 Å². The summed E-state index contributed by atoms with van der Waals surface area (Å²) < 4.78 is 16.7. The third kappa shape index (κ3) is 51.4. The molecule has 0 aliphatic heterocycles. The molecule has 0 rings (SSSR count). The molecule has 0 aromatic heterocycles. The van der Waals surface area contributed by atoms with E-state index in [0.717, 1.165) is 89.9 Å². The molecule has 0 unspecified atom stereocenters. The molecular formula is C59H100O6. The summed E-state index contributed by atoms with van der Waals surface area (Å²) in [4.78, 5) is 38.0. The molecule has 0 aromatic carbocycles. The summed E-state index contributed by atoms with van der Waals surface area (Å²) in [5.41, 5.74) is 0. The summed E-state index contributed by atoms with van der Waals surface area (Å²) in [6, 6.07) is 0. The smallest absolute Gasteiger partial charge is 0.306 e. The Morgan fingerprint density at radius 2 is 0.631 bits per heavy atom. The molecule has 1 atom stereocenters. The van der Waals surface area contributed by atoms with Gasteiger partial charge in [0, 0.05) is 19.3 Å². The van der Waals surface area contributed by atoms with Crippen molar-refractivity contribution in [3.05, 3.63) is 85.1 Å². The average molecular weight is 905 g/mol. The van der Waals surface area contributed by atoms with E-state index in [1.165, 1.54) is 116 Å². The molecule has 6 nitrogen and oxygen atoms in total. The number of unbranched alkanes of at least 4 members (excludes halogenated alkanes) is 23. The lowest BCUT2D eigenvalue weighted by Crippen LogP contribution is -2.30. The lowest BCUT2D eigenvalue weighted by molar-refractivity contribution is -0.166. The van der Waals surface area contributed by atoms with Crippen LogP contribution in [0.4, 0.5) is 0 Å². The van der Waals surface area contributed by atoms with E-state index in [1.54, 1.807) is 0 Å². The average Bonchev–Trinajstić information content (AvgIpc) is 3.30. The molecule has 0 spiro atoms. The third-order valence-electron chi connectivity index (χ3n) is 11.4. The highest BCUT2D eigenvalue weighted by molar-refractivity contribution is 5.71. The van der Waals surface area contributed by atoms with Gasteiger partial charge in [-0.1, -0.05) is 234 Å². The Morgan fingerprint density at radius 1 is 0.323 bits per heavy atom. The molecule has 0 saturated heterocycles. The Balaban J connectivity index is 4.50. The normalized spacial score (nSPS) is 12.7. The predicted octanol–water partition coefficient (Wildman–Crippen LogP) is 18.0. The van der Waals surface area contributed by atoms with Crippen molar-refractivity contribution < 1.29 is 28.6 Å². The van der Waals surface area contributed by atoms with Crippen LogP contribution in [0.2, 0.25) is 0 Å². The van der Waals surface area contributed by atoms with Gasteiger partial charge in [-0.05, 0) is 83.5 Å². The van der Waals surface area contributed by atoms with Gasteiger partial charge in [0.15, 0.2) is 6.10 Å². The molecule has 65 heavy (non-hydrogen) atoms. The first-order chi connectivity index (χ1) is 32.0. The third-order valence-corrected chi connectivity index (χ3v) is 11.4. The zero-order valence-corrected chi connectivity index (χ0v) is 42.5. The predicted molar refractivity (Wildman–Crippen MR) is 279 cm³/mol. The van der Waals surface area contributed by atoms with E-state index in [1.807, 2.05) is 6.08 Å². The standard InChI is InChI=1S/C59H100O6/c1-4-7-10-13-16-19-22-25-28-29-30-31-32-35-37-40-43-46-49-52-58(61)64-55-56(65-59(62)53-50-47-44-41-38-34-27-24-21-18-15-12-9-6-3)54-63-57(60)51-48-45-42-39-36-33-26-23-20-17-14-11-8-5-2/h7,10,16,19,24-25,27-28,30-31,35,37,43,46,56H,4-6,8-9,11-15,17-18,20-23,26,29,32-34,36,38-42,44-45,47-55H2,1-3H3/b10-7-,19-16-,27-24-,28-25-,31-30-,37-35-,46-43-/t56-/m1/s1. The van der Waals surface area contributed by atoms with Gasteiger partial charge in [-0.15, -0.1) is 0 Å². The van der Waals surface area contributed by atoms with Crippen molar-refractivity contribution in [2.45, 2.75) is 258 Å². The number of carbonyl (C=O) groups is 3. The molecule has 0 aliphatic carbocycles. The van der Waals surface area contributed by atoms with Crippen molar-refractivity contribution in [1.29, 1.82) is 0 Å². The fraction of sp³-hybridized carbons (Fsp3) is 0.712. The van der Waals surface area contributed by atoms with Crippen LogP contribution >= 0.6 is 0 Å². The van der Waals surface area contributed by atoms with Crippen molar-refractivity contribution in [1.82, 2.24) is 0 Å². The van der Waals surface area contributed by atoms with Crippen LogP contribution in [0, 0.1) is 0 Å². The van der Waals surface area contributed by atoms with Crippen LogP contribution in [0.3, 0.4) is 0 Å². The molecule has 0 bridgehead atoms. The summed E-state index contributed by atoms with van der Waals surface area (Å²) in [5, 5.41) is 0. The van der Waals surface area contributed by atoms with E-state index in [4.69, 9.17) is 14.2 Å². The first kappa shape index (κ1) is 61.6. The van der Waals surface area contributed by atoms with Crippen LogP contribution in [0.5, 0.6) is 0 Å². The number of esters is 3. The summed E-state index contributed by atoms with van der Waals surface area (Å²) in [5.74, 6) is -0.995. The van der Waals surface area contributed by atoms with E-state index in [0.29, 0.717) is 19.3 Å². The number of hydrogen-bond acceptors (Lipinski definition) is 6. The minimum absolute atomic E-state index is 0.101.